The van der Waals surface area contributed by atoms with Crippen LogP contribution in [-0.2, 0) is 19.3 Å². The maximum Gasteiger partial charge on any atom is 0.494 e. The predicted octanol–water partition coefficient (Wildman–Crippen LogP) is 1.79. The molecule has 0 bridgehead atoms. The molecule has 2 fully saturated rings. The molecule has 2 heterocycles. The van der Waals surface area contributed by atoms with Crippen LogP contribution >= 0.6 is 10.6 Å². The summed E-state index contributed by atoms with van der Waals surface area (Å²) in [5.74, 6) is 0.305. The maximum absolute atomic E-state index is 12.5. The summed E-state index contributed by atoms with van der Waals surface area (Å²) in [7, 11) is -6.92. The van der Waals surface area contributed by atoms with Gasteiger partial charge in [0.1, 0.15) is 0 Å². The molecule has 3 rings (SSSR count). The van der Waals surface area contributed by atoms with Crippen LogP contribution in [0.1, 0.15) is 34.1 Å². The molecule has 0 saturated carbocycles. The summed E-state index contributed by atoms with van der Waals surface area (Å²) >= 11 is 0. The average Bonchev–Trinajstić information content (AvgIpc) is 2.94. The van der Waals surface area contributed by atoms with Gasteiger partial charge in [-0.05, 0) is 51.7 Å². The summed E-state index contributed by atoms with van der Waals surface area (Å²) in [6, 6.07) is 5.93. The Bertz CT molecular complexity index is 762. The number of sulfonamides is 1. The minimum atomic E-state index is -3.72. The first-order valence-electron chi connectivity index (χ1n) is 8.53. The zero-order chi connectivity index (χ0) is 19.4. The van der Waals surface area contributed by atoms with Gasteiger partial charge >= 0.3 is 7.12 Å². The molecular formula is C16H26BNO6S2. The van der Waals surface area contributed by atoms with E-state index in [1.54, 1.807) is 12.1 Å². The molecule has 0 spiro atoms. The second-order valence-corrected chi connectivity index (χ2v) is 12.0. The summed E-state index contributed by atoms with van der Waals surface area (Å²) < 4.78 is 58.8. The highest BCUT2D eigenvalue weighted by Crippen LogP contribution is 2.45. The van der Waals surface area contributed by atoms with E-state index in [2.05, 4.69) is 4.72 Å². The van der Waals surface area contributed by atoms with Crippen molar-refractivity contribution in [1.29, 1.82) is 0 Å². The predicted molar refractivity (Wildman–Crippen MR) is 103 cm³/mol. The fraction of sp³-hybridized carbons (Fsp3) is 0.625. The van der Waals surface area contributed by atoms with Crippen molar-refractivity contribution in [2.24, 2.45) is 0 Å². The van der Waals surface area contributed by atoms with Crippen molar-refractivity contribution >= 4 is 33.2 Å². The first-order valence-corrected chi connectivity index (χ1v) is 11.9. The fourth-order valence-electron chi connectivity index (χ4n) is 2.98. The van der Waals surface area contributed by atoms with E-state index in [0.717, 1.165) is 5.46 Å². The quantitative estimate of drug-likeness (QED) is 0.662. The molecule has 0 unspecified atom stereocenters. The fourth-order valence-corrected chi connectivity index (χ4v) is 6.08. The van der Waals surface area contributed by atoms with E-state index in [9.17, 15) is 17.5 Å². The number of rotatable bonds is 4. The first kappa shape index (κ1) is 20.1. The monoisotopic (exact) mass is 403 g/mol. The molecule has 2 aliphatic rings. The Labute approximate surface area is 157 Å². The van der Waals surface area contributed by atoms with Crippen molar-refractivity contribution in [3.05, 3.63) is 24.3 Å². The molecule has 3 N–H and O–H groups in total. The highest BCUT2D eigenvalue weighted by Gasteiger charge is 2.51. The van der Waals surface area contributed by atoms with E-state index in [1.807, 2.05) is 27.7 Å². The zero-order valence-corrected chi connectivity index (χ0v) is 17.1. The molecule has 1 atom stereocenters. The summed E-state index contributed by atoms with van der Waals surface area (Å²) in [6.45, 7) is 7.84. The molecule has 10 heteroatoms. The van der Waals surface area contributed by atoms with Crippen LogP contribution in [0.4, 0.5) is 0 Å². The standard InChI is InChI=1S/C16H26BNO6S2/c1-15(2)16(3,4)24-17(23-15)12-5-7-14(8-6-12)26(21,22)18-13-9-10-25(19,20)11-13/h5-8,13,18-20H,9-11H2,1-4H3/t13-/m0/s1. The molecule has 1 aromatic rings. The van der Waals surface area contributed by atoms with Crippen LogP contribution in [0.3, 0.4) is 0 Å². The largest absolute Gasteiger partial charge is 0.494 e. The Balaban J connectivity index is 1.72. The van der Waals surface area contributed by atoms with Crippen LogP contribution in [0, 0.1) is 0 Å². The topological polar surface area (TPSA) is 105 Å². The van der Waals surface area contributed by atoms with Gasteiger partial charge < -0.3 is 9.31 Å². The SMILES string of the molecule is CC1(C)OB(c2ccc(S(=O)(=O)N[C@H]3CCS(O)(O)C3)cc2)OC1(C)C. The van der Waals surface area contributed by atoms with E-state index in [-0.39, 0.29) is 16.4 Å². The van der Waals surface area contributed by atoms with E-state index in [4.69, 9.17) is 9.31 Å². The van der Waals surface area contributed by atoms with Gasteiger partial charge in [-0.2, -0.15) is 10.6 Å². The van der Waals surface area contributed by atoms with Gasteiger partial charge in [-0.15, -0.1) is 0 Å². The van der Waals surface area contributed by atoms with Crippen molar-refractivity contribution in [2.45, 2.75) is 56.3 Å². The van der Waals surface area contributed by atoms with Crippen LogP contribution in [0.5, 0.6) is 0 Å². The van der Waals surface area contributed by atoms with E-state index < -0.39 is 45.0 Å². The molecule has 0 amide bonds. The van der Waals surface area contributed by atoms with Crippen LogP contribution < -0.4 is 10.2 Å². The molecule has 2 saturated heterocycles. The summed E-state index contributed by atoms with van der Waals surface area (Å²) in [4.78, 5) is 0.126. The van der Waals surface area contributed by atoms with Crippen LogP contribution in [0.15, 0.2) is 29.2 Å². The Morgan fingerprint density at radius 3 is 2.12 bits per heavy atom. The normalized spacial score (nSPS) is 28.2. The van der Waals surface area contributed by atoms with Gasteiger partial charge in [-0.25, -0.2) is 13.1 Å². The van der Waals surface area contributed by atoms with Crippen LogP contribution in [0.25, 0.3) is 0 Å². The molecule has 26 heavy (non-hydrogen) atoms. The Morgan fingerprint density at radius 1 is 1.12 bits per heavy atom. The van der Waals surface area contributed by atoms with Gasteiger partial charge in [-0.1, -0.05) is 12.1 Å². The average molecular weight is 403 g/mol. The minimum Gasteiger partial charge on any atom is -0.399 e. The molecule has 7 nitrogen and oxygen atoms in total. The first-order chi connectivity index (χ1) is 11.8. The Kier molecular flexibility index (Phi) is 5.01. The lowest BCUT2D eigenvalue weighted by Gasteiger charge is -2.32. The second-order valence-electron chi connectivity index (χ2n) is 7.94. The third-order valence-electron chi connectivity index (χ3n) is 5.30. The van der Waals surface area contributed by atoms with Crippen LogP contribution in [-0.4, -0.2) is 53.4 Å². The Morgan fingerprint density at radius 2 is 1.65 bits per heavy atom. The highest BCUT2D eigenvalue weighted by atomic mass is 32.3. The van der Waals surface area contributed by atoms with Gasteiger partial charge in [0.05, 0.1) is 21.9 Å². The van der Waals surface area contributed by atoms with Gasteiger partial charge in [0.2, 0.25) is 10.0 Å². The van der Waals surface area contributed by atoms with Gasteiger partial charge in [0.15, 0.2) is 0 Å². The number of nitrogens with one attached hydrogen (secondary N) is 1. The molecule has 1 aromatic carbocycles. The van der Waals surface area contributed by atoms with Gasteiger partial charge in [-0.3, -0.25) is 9.11 Å². The van der Waals surface area contributed by atoms with Crippen molar-refractivity contribution in [2.75, 3.05) is 11.5 Å². The minimum absolute atomic E-state index is 0.0677. The van der Waals surface area contributed by atoms with Crippen molar-refractivity contribution in [3.8, 4) is 0 Å². The molecule has 0 aromatic heterocycles. The summed E-state index contributed by atoms with van der Waals surface area (Å²) in [6.07, 6.45) is 0.424. The Hall–Kier alpha value is -0.615. The molecular weight excluding hydrogens is 377 g/mol. The van der Waals surface area contributed by atoms with Gasteiger partial charge in [0.25, 0.3) is 0 Å². The van der Waals surface area contributed by atoms with E-state index >= 15 is 0 Å². The van der Waals surface area contributed by atoms with Crippen molar-refractivity contribution < 1.29 is 26.8 Å². The lowest BCUT2D eigenvalue weighted by Crippen LogP contribution is -2.41. The lowest BCUT2D eigenvalue weighted by atomic mass is 9.79. The third kappa shape index (κ3) is 3.96. The molecule has 146 valence electrons. The zero-order valence-electron chi connectivity index (χ0n) is 15.4. The molecule has 0 aliphatic carbocycles. The second kappa shape index (κ2) is 6.47. The van der Waals surface area contributed by atoms with E-state index in [0.29, 0.717) is 6.42 Å². The van der Waals surface area contributed by atoms with Crippen molar-refractivity contribution in [3.63, 3.8) is 0 Å². The van der Waals surface area contributed by atoms with Crippen molar-refractivity contribution in [1.82, 2.24) is 4.72 Å². The molecule has 0 radical (unpaired) electrons. The third-order valence-corrected chi connectivity index (χ3v) is 8.66. The summed E-state index contributed by atoms with van der Waals surface area (Å²) in [5.41, 5.74) is -0.177. The smallest absolute Gasteiger partial charge is 0.399 e. The van der Waals surface area contributed by atoms with Crippen LogP contribution in [0.2, 0.25) is 0 Å². The maximum atomic E-state index is 12.5. The van der Waals surface area contributed by atoms with E-state index in [1.165, 1.54) is 12.1 Å². The molecule has 2 aliphatic heterocycles. The lowest BCUT2D eigenvalue weighted by molar-refractivity contribution is 0.00578. The number of hydrogen-bond acceptors (Lipinski definition) is 6. The number of benzene rings is 1. The highest BCUT2D eigenvalue weighted by molar-refractivity contribution is 8.24. The van der Waals surface area contributed by atoms with Gasteiger partial charge in [0, 0.05) is 11.8 Å². The summed E-state index contributed by atoms with van der Waals surface area (Å²) in [5, 5.41) is 0. The number of hydrogen-bond donors (Lipinski definition) is 3.